The summed E-state index contributed by atoms with van der Waals surface area (Å²) in [7, 11) is 0. The standard InChI is InChI=1S/C28H34N2O5/c1-2-3-15-25(27(32)33)30-26(31)18-9-8-10-19(16-18)29-28(34)35-17-24-22-13-6-4-11-20(22)21-12-5-7-14-23(21)24/h4-7,11-14,18-19,24-25H,2-3,8-10,15-17H2,1H3,(H,29,34)(H,30,31)(H,32,33)/t18-,19+,25-/m0/s1. The van der Waals surface area contributed by atoms with Crippen molar-refractivity contribution in [2.24, 2.45) is 5.92 Å². The van der Waals surface area contributed by atoms with Crippen molar-refractivity contribution in [1.29, 1.82) is 0 Å². The Bertz CT molecular complexity index is 1020. The second-order valence-electron chi connectivity index (χ2n) is 9.57. The van der Waals surface area contributed by atoms with Crippen LogP contribution >= 0.6 is 0 Å². The van der Waals surface area contributed by atoms with E-state index in [2.05, 4.69) is 34.9 Å². The summed E-state index contributed by atoms with van der Waals surface area (Å²) in [6, 6.07) is 15.4. The van der Waals surface area contributed by atoms with Crippen molar-refractivity contribution in [3.8, 4) is 11.1 Å². The lowest BCUT2D eigenvalue weighted by molar-refractivity contribution is -0.143. The van der Waals surface area contributed by atoms with Gasteiger partial charge in [-0.05, 0) is 47.9 Å². The van der Waals surface area contributed by atoms with Crippen LogP contribution in [-0.4, -0.2) is 41.8 Å². The van der Waals surface area contributed by atoms with Crippen LogP contribution in [0.1, 0.15) is 68.9 Å². The van der Waals surface area contributed by atoms with Crippen LogP contribution in [0, 0.1) is 5.92 Å². The quantitative estimate of drug-likeness (QED) is 0.478. The molecule has 0 heterocycles. The van der Waals surface area contributed by atoms with Crippen molar-refractivity contribution < 1.29 is 24.2 Å². The highest BCUT2D eigenvalue weighted by Crippen LogP contribution is 2.44. The first kappa shape index (κ1) is 24.8. The van der Waals surface area contributed by atoms with Gasteiger partial charge in [0.25, 0.3) is 0 Å². The number of alkyl carbamates (subject to hydrolysis) is 1. The molecule has 0 bridgehead atoms. The van der Waals surface area contributed by atoms with Gasteiger partial charge in [-0.1, -0.05) is 74.7 Å². The third-order valence-electron chi connectivity index (χ3n) is 7.17. The smallest absolute Gasteiger partial charge is 0.407 e. The van der Waals surface area contributed by atoms with E-state index in [4.69, 9.17) is 4.74 Å². The van der Waals surface area contributed by atoms with E-state index in [0.29, 0.717) is 19.3 Å². The Kier molecular flexibility index (Phi) is 8.06. The van der Waals surface area contributed by atoms with E-state index in [-0.39, 0.29) is 30.4 Å². The van der Waals surface area contributed by atoms with Crippen LogP contribution in [0.25, 0.3) is 11.1 Å². The van der Waals surface area contributed by atoms with E-state index in [1.54, 1.807) is 0 Å². The van der Waals surface area contributed by atoms with Gasteiger partial charge in [0.15, 0.2) is 0 Å². The molecule has 2 aromatic carbocycles. The Morgan fingerprint density at radius 1 is 1.03 bits per heavy atom. The molecule has 2 aliphatic rings. The highest BCUT2D eigenvalue weighted by molar-refractivity contribution is 5.85. The zero-order chi connectivity index (χ0) is 24.8. The Morgan fingerprint density at radius 3 is 2.31 bits per heavy atom. The molecule has 0 radical (unpaired) electrons. The lowest BCUT2D eigenvalue weighted by Gasteiger charge is -2.29. The molecule has 0 spiro atoms. The lowest BCUT2D eigenvalue weighted by Crippen LogP contribution is -2.47. The molecule has 7 heteroatoms. The largest absolute Gasteiger partial charge is 0.480 e. The summed E-state index contributed by atoms with van der Waals surface area (Å²) in [5, 5.41) is 15.0. The van der Waals surface area contributed by atoms with Crippen LogP contribution in [0.3, 0.4) is 0 Å². The van der Waals surface area contributed by atoms with E-state index < -0.39 is 18.1 Å². The predicted octanol–water partition coefficient (Wildman–Crippen LogP) is 4.84. The molecule has 0 aliphatic heterocycles. The number of aliphatic carboxylic acids is 1. The van der Waals surface area contributed by atoms with E-state index in [1.807, 2.05) is 31.2 Å². The lowest BCUT2D eigenvalue weighted by atomic mass is 9.85. The monoisotopic (exact) mass is 478 g/mol. The minimum absolute atomic E-state index is 0.00546. The minimum atomic E-state index is -1.00. The van der Waals surface area contributed by atoms with Crippen LogP contribution in [0.4, 0.5) is 4.79 Å². The van der Waals surface area contributed by atoms with Crippen LogP contribution in [0.5, 0.6) is 0 Å². The van der Waals surface area contributed by atoms with Crippen molar-refractivity contribution >= 4 is 18.0 Å². The van der Waals surface area contributed by atoms with E-state index in [9.17, 15) is 19.5 Å². The van der Waals surface area contributed by atoms with Gasteiger partial charge in [0.1, 0.15) is 12.6 Å². The summed E-state index contributed by atoms with van der Waals surface area (Å²) in [5.74, 6) is -1.57. The molecule has 0 unspecified atom stereocenters. The summed E-state index contributed by atoms with van der Waals surface area (Å²) >= 11 is 0. The Hall–Kier alpha value is -3.35. The first-order chi connectivity index (χ1) is 17.0. The predicted molar refractivity (Wildman–Crippen MR) is 133 cm³/mol. The number of amides is 2. The van der Waals surface area contributed by atoms with Crippen LogP contribution in [0.15, 0.2) is 48.5 Å². The van der Waals surface area contributed by atoms with Crippen molar-refractivity contribution in [2.45, 2.75) is 69.9 Å². The molecule has 1 saturated carbocycles. The van der Waals surface area contributed by atoms with Gasteiger partial charge >= 0.3 is 12.1 Å². The molecule has 7 nitrogen and oxygen atoms in total. The van der Waals surface area contributed by atoms with E-state index in [1.165, 1.54) is 11.1 Å². The van der Waals surface area contributed by atoms with Gasteiger partial charge in [-0.25, -0.2) is 9.59 Å². The Balaban J connectivity index is 1.30. The van der Waals surface area contributed by atoms with Crippen LogP contribution in [0.2, 0.25) is 0 Å². The van der Waals surface area contributed by atoms with Crippen molar-refractivity contribution in [1.82, 2.24) is 10.6 Å². The second kappa shape index (κ2) is 11.4. The van der Waals surface area contributed by atoms with Gasteiger partial charge in [-0.3, -0.25) is 4.79 Å². The zero-order valence-electron chi connectivity index (χ0n) is 20.2. The topological polar surface area (TPSA) is 105 Å². The fourth-order valence-electron chi connectivity index (χ4n) is 5.32. The molecule has 0 saturated heterocycles. The molecule has 0 aromatic heterocycles. The minimum Gasteiger partial charge on any atom is -0.480 e. The summed E-state index contributed by atoms with van der Waals surface area (Å²) in [6.45, 7) is 2.23. The normalized spacial score (nSPS) is 19.8. The number of carbonyl (C=O) groups is 3. The van der Waals surface area contributed by atoms with Crippen molar-refractivity contribution in [3.63, 3.8) is 0 Å². The number of carboxylic acids is 1. The summed E-state index contributed by atoms with van der Waals surface area (Å²) in [5.41, 5.74) is 4.67. The molecule has 2 aromatic rings. The number of nitrogens with one attached hydrogen (secondary N) is 2. The molecule has 1 fully saturated rings. The Labute approximate surface area is 206 Å². The average molecular weight is 479 g/mol. The molecule has 2 amide bonds. The zero-order valence-corrected chi connectivity index (χ0v) is 20.2. The fourth-order valence-corrected chi connectivity index (χ4v) is 5.32. The summed E-state index contributed by atoms with van der Waals surface area (Å²) in [4.78, 5) is 36.8. The number of ether oxygens (including phenoxy) is 1. The number of carbonyl (C=O) groups excluding carboxylic acids is 2. The van der Waals surface area contributed by atoms with Crippen LogP contribution < -0.4 is 10.6 Å². The number of hydrogen-bond donors (Lipinski definition) is 3. The molecule has 4 rings (SSSR count). The average Bonchev–Trinajstić information content (AvgIpc) is 3.19. The summed E-state index contributed by atoms with van der Waals surface area (Å²) < 4.78 is 5.65. The highest BCUT2D eigenvalue weighted by Gasteiger charge is 2.32. The highest BCUT2D eigenvalue weighted by atomic mass is 16.5. The maximum Gasteiger partial charge on any atom is 0.407 e. The maximum atomic E-state index is 12.7. The van der Waals surface area contributed by atoms with Crippen LogP contribution in [-0.2, 0) is 14.3 Å². The molecule has 2 aliphatic carbocycles. The molecule has 3 atom stereocenters. The first-order valence-corrected chi connectivity index (χ1v) is 12.6. The third kappa shape index (κ3) is 5.84. The third-order valence-corrected chi connectivity index (χ3v) is 7.17. The molecular weight excluding hydrogens is 444 g/mol. The fraction of sp³-hybridized carbons (Fsp3) is 0.464. The van der Waals surface area contributed by atoms with Gasteiger partial charge in [0.05, 0.1) is 0 Å². The maximum absolute atomic E-state index is 12.7. The first-order valence-electron chi connectivity index (χ1n) is 12.6. The van der Waals surface area contributed by atoms with Gasteiger partial charge in [-0.2, -0.15) is 0 Å². The molecule has 186 valence electrons. The number of benzene rings is 2. The van der Waals surface area contributed by atoms with E-state index in [0.717, 1.165) is 36.8 Å². The van der Waals surface area contributed by atoms with E-state index >= 15 is 0 Å². The number of hydrogen-bond acceptors (Lipinski definition) is 4. The SMILES string of the molecule is CCCC[C@H](NC(=O)[C@H]1CCC[C@@H](NC(=O)OCC2c3ccccc3-c3ccccc32)C1)C(=O)O. The molecular formula is C28H34N2O5. The second-order valence-corrected chi connectivity index (χ2v) is 9.57. The van der Waals surface area contributed by atoms with Gasteiger partial charge < -0.3 is 20.5 Å². The van der Waals surface area contributed by atoms with Crippen molar-refractivity contribution in [3.05, 3.63) is 59.7 Å². The number of unbranched alkanes of at least 4 members (excludes halogenated alkanes) is 1. The number of rotatable bonds is 9. The van der Waals surface area contributed by atoms with Gasteiger partial charge in [0.2, 0.25) is 5.91 Å². The molecule has 35 heavy (non-hydrogen) atoms. The van der Waals surface area contributed by atoms with Gasteiger partial charge in [0, 0.05) is 17.9 Å². The number of fused-ring (bicyclic) bond motifs is 3. The van der Waals surface area contributed by atoms with Crippen molar-refractivity contribution in [2.75, 3.05) is 6.61 Å². The number of carboxylic acid groups (broad SMARTS) is 1. The summed E-state index contributed by atoms with van der Waals surface area (Å²) in [6.07, 6.45) is 4.29. The van der Waals surface area contributed by atoms with Gasteiger partial charge in [-0.15, -0.1) is 0 Å². The molecule has 3 N–H and O–H groups in total. The Morgan fingerprint density at radius 2 is 1.69 bits per heavy atom.